The Bertz CT molecular complexity index is 488. The molecule has 1 atom stereocenters. The highest BCUT2D eigenvalue weighted by Gasteiger charge is 2.34. The molecule has 1 saturated carbocycles. The Labute approximate surface area is 127 Å². The number of hydrogen-bond donors (Lipinski definition) is 0. The van der Waals surface area contributed by atoms with Gasteiger partial charge in [-0.05, 0) is 43.2 Å². The third-order valence-electron chi connectivity index (χ3n) is 4.99. The monoisotopic (exact) mass is 283 g/mol. The average molecular weight is 283 g/mol. The van der Waals surface area contributed by atoms with Crippen molar-refractivity contribution >= 4 is 12.0 Å². The predicted molar refractivity (Wildman–Crippen MR) is 86.8 cm³/mol. The molecule has 1 aromatic rings. The fourth-order valence-corrected chi connectivity index (χ4v) is 3.90. The van der Waals surface area contributed by atoms with Crippen molar-refractivity contribution in [3.05, 3.63) is 42.0 Å². The van der Waals surface area contributed by atoms with Crippen molar-refractivity contribution < 1.29 is 4.79 Å². The van der Waals surface area contributed by atoms with Crippen LogP contribution in [-0.2, 0) is 4.79 Å². The SMILES string of the molecule is O=C(C=Cc1ccccc1)N1CCCC1C1CCCCC1. The molecule has 1 amide bonds. The fraction of sp³-hybridized carbons (Fsp3) is 0.526. The summed E-state index contributed by atoms with van der Waals surface area (Å²) in [6.07, 6.45) is 12.8. The normalized spacial score (nSPS) is 23.8. The molecule has 1 aromatic carbocycles. The van der Waals surface area contributed by atoms with Crippen LogP contribution < -0.4 is 0 Å². The van der Waals surface area contributed by atoms with Crippen LogP contribution in [0.25, 0.3) is 6.08 Å². The standard InChI is InChI=1S/C19H25NO/c21-19(14-13-16-8-3-1-4-9-16)20-15-7-12-18(20)17-10-5-2-6-11-17/h1,3-4,8-9,13-14,17-18H,2,5-7,10-12,15H2. The Balaban J connectivity index is 1.64. The second kappa shape index (κ2) is 6.93. The van der Waals surface area contributed by atoms with Crippen molar-refractivity contribution in [3.8, 4) is 0 Å². The topological polar surface area (TPSA) is 20.3 Å². The van der Waals surface area contributed by atoms with E-state index in [1.54, 1.807) is 6.08 Å². The van der Waals surface area contributed by atoms with Crippen molar-refractivity contribution in [3.63, 3.8) is 0 Å². The second-order valence-electron chi connectivity index (χ2n) is 6.38. The molecule has 21 heavy (non-hydrogen) atoms. The Morgan fingerprint density at radius 3 is 2.52 bits per heavy atom. The summed E-state index contributed by atoms with van der Waals surface area (Å²) in [5.74, 6) is 0.947. The van der Waals surface area contributed by atoms with Crippen LogP contribution in [0.15, 0.2) is 36.4 Å². The van der Waals surface area contributed by atoms with Gasteiger partial charge >= 0.3 is 0 Å². The fourth-order valence-electron chi connectivity index (χ4n) is 3.90. The Morgan fingerprint density at radius 2 is 1.76 bits per heavy atom. The van der Waals surface area contributed by atoms with E-state index in [1.165, 1.54) is 44.9 Å². The zero-order chi connectivity index (χ0) is 14.5. The van der Waals surface area contributed by atoms with Gasteiger partial charge in [0.2, 0.25) is 5.91 Å². The zero-order valence-electron chi connectivity index (χ0n) is 12.7. The van der Waals surface area contributed by atoms with Crippen LogP contribution in [-0.4, -0.2) is 23.4 Å². The molecule has 2 aliphatic rings. The molecule has 2 fully saturated rings. The van der Waals surface area contributed by atoms with Crippen LogP contribution in [0.3, 0.4) is 0 Å². The van der Waals surface area contributed by atoms with Crippen LogP contribution in [0.4, 0.5) is 0 Å². The molecular formula is C19H25NO. The maximum absolute atomic E-state index is 12.5. The minimum absolute atomic E-state index is 0.201. The minimum Gasteiger partial charge on any atom is -0.336 e. The first-order valence-corrected chi connectivity index (χ1v) is 8.38. The summed E-state index contributed by atoms with van der Waals surface area (Å²) in [5.41, 5.74) is 1.10. The van der Waals surface area contributed by atoms with Gasteiger partial charge < -0.3 is 4.90 Å². The third-order valence-corrected chi connectivity index (χ3v) is 4.99. The molecule has 1 unspecified atom stereocenters. The smallest absolute Gasteiger partial charge is 0.246 e. The van der Waals surface area contributed by atoms with Crippen LogP contribution in [0.1, 0.15) is 50.5 Å². The number of likely N-dealkylation sites (tertiary alicyclic amines) is 1. The molecule has 0 bridgehead atoms. The summed E-state index contributed by atoms with van der Waals surface area (Å²) in [6.45, 7) is 0.944. The molecule has 112 valence electrons. The largest absolute Gasteiger partial charge is 0.336 e. The number of rotatable bonds is 3. The van der Waals surface area contributed by atoms with Gasteiger partial charge in [0.25, 0.3) is 0 Å². The van der Waals surface area contributed by atoms with Gasteiger partial charge in [0, 0.05) is 18.7 Å². The van der Waals surface area contributed by atoms with Gasteiger partial charge in [0.15, 0.2) is 0 Å². The van der Waals surface area contributed by atoms with Gasteiger partial charge in [-0.3, -0.25) is 4.79 Å². The van der Waals surface area contributed by atoms with Gasteiger partial charge in [0.05, 0.1) is 0 Å². The Morgan fingerprint density at radius 1 is 1.00 bits per heavy atom. The quantitative estimate of drug-likeness (QED) is 0.759. The van der Waals surface area contributed by atoms with Crippen molar-refractivity contribution in [1.29, 1.82) is 0 Å². The first-order chi connectivity index (χ1) is 10.3. The Kier molecular flexibility index (Phi) is 4.74. The van der Waals surface area contributed by atoms with E-state index in [2.05, 4.69) is 4.90 Å². The molecule has 0 radical (unpaired) electrons. The highest BCUT2D eigenvalue weighted by molar-refractivity contribution is 5.92. The molecule has 2 nitrogen and oxygen atoms in total. The van der Waals surface area contributed by atoms with Crippen LogP contribution in [0.5, 0.6) is 0 Å². The van der Waals surface area contributed by atoms with E-state index in [-0.39, 0.29) is 5.91 Å². The average Bonchev–Trinajstić information content (AvgIpc) is 3.04. The molecule has 0 aromatic heterocycles. The lowest BCUT2D eigenvalue weighted by Crippen LogP contribution is -2.39. The van der Waals surface area contributed by atoms with Gasteiger partial charge in [0.1, 0.15) is 0 Å². The van der Waals surface area contributed by atoms with Gasteiger partial charge in [-0.25, -0.2) is 0 Å². The predicted octanol–water partition coefficient (Wildman–Crippen LogP) is 4.27. The first-order valence-electron chi connectivity index (χ1n) is 8.38. The van der Waals surface area contributed by atoms with E-state index in [1.807, 2.05) is 36.4 Å². The number of carbonyl (C=O) groups is 1. The van der Waals surface area contributed by atoms with Gasteiger partial charge in [-0.15, -0.1) is 0 Å². The molecule has 3 rings (SSSR count). The summed E-state index contributed by atoms with van der Waals surface area (Å²) in [5, 5.41) is 0. The molecule has 1 heterocycles. The summed E-state index contributed by atoms with van der Waals surface area (Å²) >= 11 is 0. The lowest BCUT2D eigenvalue weighted by molar-refractivity contribution is -0.127. The summed E-state index contributed by atoms with van der Waals surface area (Å²) in [7, 11) is 0. The molecule has 2 heteroatoms. The van der Waals surface area contributed by atoms with E-state index >= 15 is 0 Å². The van der Waals surface area contributed by atoms with Crippen molar-refractivity contribution in [1.82, 2.24) is 4.90 Å². The van der Waals surface area contributed by atoms with Crippen molar-refractivity contribution in [2.45, 2.75) is 51.0 Å². The molecule has 1 aliphatic heterocycles. The summed E-state index contributed by atoms with van der Waals surface area (Å²) < 4.78 is 0. The van der Waals surface area contributed by atoms with Gasteiger partial charge in [-0.1, -0.05) is 49.6 Å². The highest BCUT2D eigenvalue weighted by Crippen LogP contribution is 2.34. The molecule has 0 spiro atoms. The highest BCUT2D eigenvalue weighted by atomic mass is 16.2. The van der Waals surface area contributed by atoms with Crippen LogP contribution in [0, 0.1) is 5.92 Å². The maximum Gasteiger partial charge on any atom is 0.246 e. The molecule has 1 saturated heterocycles. The molecular weight excluding hydrogens is 258 g/mol. The van der Waals surface area contributed by atoms with E-state index < -0.39 is 0 Å². The number of nitrogens with zero attached hydrogens (tertiary/aromatic N) is 1. The number of hydrogen-bond acceptors (Lipinski definition) is 1. The minimum atomic E-state index is 0.201. The second-order valence-corrected chi connectivity index (χ2v) is 6.38. The number of benzene rings is 1. The lowest BCUT2D eigenvalue weighted by atomic mass is 9.83. The summed E-state index contributed by atoms with van der Waals surface area (Å²) in [6, 6.07) is 10.6. The van der Waals surface area contributed by atoms with E-state index in [0.29, 0.717) is 6.04 Å². The van der Waals surface area contributed by atoms with E-state index in [9.17, 15) is 4.79 Å². The molecule has 0 N–H and O–H groups in total. The molecule has 1 aliphatic carbocycles. The Hall–Kier alpha value is -1.57. The van der Waals surface area contributed by atoms with Crippen LogP contribution in [0.2, 0.25) is 0 Å². The number of carbonyl (C=O) groups excluding carboxylic acids is 1. The zero-order valence-corrected chi connectivity index (χ0v) is 12.7. The first kappa shape index (κ1) is 14.4. The van der Waals surface area contributed by atoms with Crippen LogP contribution >= 0.6 is 0 Å². The maximum atomic E-state index is 12.5. The van der Waals surface area contributed by atoms with E-state index in [0.717, 1.165) is 18.0 Å². The van der Waals surface area contributed by atoms with Gasteiger partial charge in [-0.2, -0.15) is 0 Å². The third kappa shape index (κ3) is 3.55. The van der Waals surface area contributed by atoms with Crippen molar-refractivity contribution in [2.24, 2.45) is 5.92 Å². The van der Waals surface area contributed by atoms with E-state index in [4.69, 9.17) is 0 Å². The lowest BCUT2D eigenvalue weighted by Gasteiger charge is -2.33. The van der Waals surface area contributed by atoms with Crippen molar-refractivity contribution in [2.75, 3.05) is 6.54 Å². The number of amides is 1. The summed E-state index contributed by atoms with van der Waals surface area (Å²) in [4.78, 5) is 14.6.